The molecule has 1 amide bonds. The van der Waals surface area contributed by atoms with Crippen molar-refractivity contribution in [1.82, 2.24) is 5.32 Å². The number of aliphatic hydroxyl groups is 1. The molecule has 0 bridgehead atoms. The zero-order valence-corrected chi connectivity index (χ0v) is 11.7. The molecule has 0 heterocycles. The molecule has 0 aliphatic heterocycles. The molecule has 0 saturated heterocycles. The Kier molecular flexibility index (Phi) is 8.02. The van der Waals surface area contributed by atoms with E-state index < -0.39 is 0 Å². The third kappa shape index (κ3) is 7.70. The summed E-state index contributed by atoms with van der Waals surface area (Å²) in [6, 6.07) is 7.10. The Morgan fingerprint density at radius 1 is 1.32 bits per heavy atom. The molecule has 0 radical (unpaired) electrons. The standard InChI is InChI=1S/C14H20ClNO3/c15-12-5-4-6-13(11-12)19-10-7-14(18)16-8-2-1-3-9-17/h4-6,11,17H,1-3,7-10H2,(H,16,18). The molecule has 0 fully saturated rings. The van der Waals surface area contributed by atoms with Gasteiger partial charge >= 0.3 is 0 Å². The van der Waals surface area contributed by atoms with Gasteiger partial charge in [-0.05, 0) is 37.5 Å². The fourth-order valence-electron chi connectivity index (χ4n) is 1.55. The SMILES string of the molecule is O=C(CCOc1cccc(Cl)c1)NCCCCCO. The van der Waals surface area contributed by atoms with Gasteiger partial charge in [0.1, 0.15) is 5.75 Å². The van der Waals surface area contributed by atoms with Gasteiger partial charge in [0.2, 0.25) is 5.91 Å². The van der Waals surface area contributed by atoms with Gasteiger partial charge in [-0.2, -0.15) is 0 Å². The Labute approximate surface area is 118 Å². The number of ether oxygens (including phenoxy) is 1. The molecule has 2 N–H and O–H groups in total. The lowest BCUT2D eigenvalue weighted by molar-refractivity contribution is -0.121. The number of nitrogens with one attached hydrogen (secondary N) is 1. The second-order valence-electron chi connectivity index (χ2n) is 4.19. The van der Waals surface area contributed by atoms with Gasteiger partial charge in [-0.15, -0.1) is 0 Å². The highest BCUT2D eigenvalue weighted by Crippen LogP contribution is 2.16. The molecule has 1 aromatic rings. The van der Waals surface area contributed by atoms with E-state index >= 15 is 0 Å². The minimum absolute atomic E-state index is 0.0222. The Balaban J connectivity index is 2.07. The molecule has 4 nitrogen and oxygen atoms in total. The quantitative estimate of drug-likeness (QED) is 0.685. The van der Waals surface area contributed by atoms with Crippen LogP contribution in [0.5, 0.6) is 5.75 Å². The summed E-state index contributed by atoms with van der Waals surface area (Å²) in [6.45, 7) is 1.19. The third-order valence-electron chi connectivity index (χ3n) is 2.55. The maximum atomic E-state index is 11.5. The highest BCUT2D eigenvalue weighted by atomic mass is 35.5. The first kappa shape index (κ1) is 15.8. The average molecular weight is 286 g/mol. The van der Waals surface area contributed by atoms with Crippen LogP contribution in [0.2, 0.25) is 5.02 Å². The van der Waals surface area contributed by atoms with E-state index in [1.165, 1.54) is 0 Å². The van der Waals surface area contributed by atoms with Crippen LogP contribution >= 0.6 is 11.6 Å². The van der Waals surface area contributed by atoms with Crippen molar-refractivity contribution in [2.45, 2.75) is 25.7 Å². The van der Waals surface area contributed by atoms with Gasteiger partial charge in [0, 0.05) is 18.2 Å². The predicted molar refractivity (Wildman–Crippen MR) is 75.5 cm³/mol. The van der Waals surface area contributed by atoms with Gasteiger partial charge in [0.15, 0.2) is 0 Å². The first-order chi connectivity index (χ1) is 9.22. The van der Waals surface area contributed by atoms with Crippen molar-refractivity contribution in [3.8, 4) is 5.75 Å². The number of amides is 1. The Hall–Kier alpha value is -1.26. The van der Waals surface area contributed by atoms with E-state index in [0.29, 0.717) is 30.3 Å². The van der Waals surface area contributed by atoms with E-state index in [1.807, 2.05) is 0 Å². The minimum Gasteiger partial charge on any atom is -0.493 e. The number of carbonyl (C=O) groups excluding carboxylic acids is 1. The van der Waals surface area contributed by atoms with Crippen molar-refractivity contribution < 1.29 is 14.6 Å². The van der Waals surface area contributed by atoms with Gasteiger partial charge in [0.05, 0.1) is 13.0 Å². The molecular formula is C14H20ClNO3. The van der Waals surface area contributed by atoms with Crippen molar-refractivity contribution >= 4 is 17.5 Å². The topological polar surface area (TPSA) is 58.6 Å². The van der Waals surface area contributed by atoms with Gasteiger partial charge in [-0.25, -0.2) is 0 Å². The molecule has 19 heavy (non-hydrogen) atoms. The van der Waals surface area contributed by atoms with E-state index in [-0.39, 0.29) is 12.5 Å². The highest BCUT2D eigenvalue weighted by Gasteiger charge is 2.01. The summed E-state index contributed by atoms with van der Waals surface area (Å²) < 4.78 is 5.42. The van der Waals surface area contributed by atoms with Crippen LogP contribution in [0.1, 0.15) is 25.7 Å². The smallest absolute Gasteiger partial charge is 0.223 e. The Bertz CT molecular complexity index is 385. The molecule has 1 rings (SSSR count). The van der Waals surface area contributed by atoms with Crippen LogP contribution in [-0.2, 0) is 4.79 Å². The highest BCUT2D eigenvalue weighted by molar-refractivity contribution is 6.30. The van der Waals surface area contributed by atoms with Crippen molar-refractivity contribution in [3.05, 3.63) is 29.3 Å². The molecule has 0 aliphatic rings. The first-order valence-electron chi connectivity index (χ1n) is 6.48. The number of hydrogen-bond acceptors (Lipinski definition) is 3. The lowest BCUT2D eigenvalue weighted by atomic mass is 10.2. The lowest BCUT2D eigenvalue weighted by Gasteiger charge is -2.07. The van der Waals surface area contributed by atoms with Crippen molar-refractivity contribution in [2.24, 2.45) is 0 Å². The summed E-state index contributed by atoms with van der Waals surface area (Å²) in [7, 11) is 0. The predicted octanol–water partition coefficient (Wildman–Crippen LogP) is 2.39. The number of rotatable bonds is 9. The van der Waals surface area contributed by atoms with E-state index in [0.717, 1.165) is 19.3 Å². The maximum absolute atomic E-state index is 11.5. The number of unbranched alkanes of at least 4 members (excludes halogenated alkanes) is 2. The Morgan fingerprint density at radius 2 is 2.16 bits per heavy atom. The number of halogens is 1. The zero-order valence-electron chi connectivity index (χ0n) is 10.9. The fourth-order valence-corrected chi connectivity index (χ4v) is 1.73. The number of benzene rings is 1. The van der Waals surface area contributed by atoms with Gasteiger partial charge in [-0.3, -0.25) is 4.79 Å². The molecule has 0 spiro atoms. The number of aliphatic hydroxyl groups excluding tert-OH is 1. The summed E-state index contributed by atoms with van der Waals surface area (Å²) in [6.07, 6.45) is 2.93. The van der Waals surface area contributed by atoms with Crippen molar-refractivity contribution in [3.63, 3.8) is 0 Å². The molecule has 106 valence electrons. The summed E-state index contributed by atoms with van der Waals surface area (Å²) in [5.41, 5.74) is 0. The van der Waals surface area contributed by atoms with Gasteiger partial charge in [-0.1, -0.05) is 17.7 Å². The molecule has 1 aromatic carbocycles. The summed E-state index contributed by atoms with van der Waals surface area (Å²) in [4.78, 5) is 11.5. The van der Waals surface area contributed by atoms with Gasteiger partial charge in [0.25, 0.3) is 0 Å². The molecule has 5 heteroatoms. The summed E-state index contributed by atoms with van der Waals surface area (Å²) >= 11 is 5.82. The molecule has 0 aromatic heterocycles. The second-order valence-corrected chi connectivity index (χ2v) is 4.63. The minimum atomic E-state index is -0.0222. The second kappa shape index (κ2) is 9.64. The lowest BCUT2D eigenvalue weighted by Crippen LogP contribution is -2.25. The molecule has 0 saturated carbocycles. The number of carbonyl (C=O) groups is 1. The first-order valence-corrected chi connectivity index (χ1v) is 6.86. The van der Waals surface area contributed by atoms with E-state index in [9.17, 15) is 4.79 Å². The zero-order chi connectivity index (χ0) is 13.9. The molecule has 0 unspecified atom stereocenters. The van der Waals surface area contributed by atoms with E-state index in [1.54, 1.807) is 24.3 Å². The van der Waals surface area contributed by atoms with E-state index in [4.69, 9.17) is 21.4 Å². The molecule has 0 aliphatic carbocycles. The third-order valence-corrected chi connectivity index (χ3v) is 2.79. The molecule has 0 atom stereocenters. The van der Waals surface area contributed by atoms with Crippen LogP contribution in [0.15, 0.2) is 24.3 Å². The summed E-state index contributed by atoms with van der Waals surface area (Å²) in [5.74, 6) is 0.647. The van der Waals surface area contributed by atoms with Crippen LogP contribution in [0.4, 0.5) is 0 Å². The van der Waals surface area contributed by atoms with Crippen LogP contribution in [0.3, 0.4) is 0 Å². The summed E-state index contributed by atoms with van der Waals surface area (Å²) in [5, 5.41) is 12.0. The average Bonchev–Trinajstić information content (AvgIpc) is 2.38. The van der Waals surface area contributed by atoms with Crippen molar-refractivity contribution in [1.29, 1.82) is 0 Å². The van der Waals surface area contributed by atoms with Crippen LogP contribution < -0.4 is 10.1 Å². The molecular weight excluding hydrogens is 266 g/mol. The van der Waals surface area contributed by atoms with Crippen LogP contribution in [0.25, 0.3) is 0 Å². The fraction of sp³-hybridized carbons (Fsp3) is 0.500. The largest absolute Gasteiger partial charge is 0.493 e. The maximum Gasteiger partial charge on any atom is 0.223 e. The van der Waals surface area contributed by atoms with E-state index in [2.05, 4.69) is 5.32 Å². The van der Waals surface area contributed by atoms with Crippen LogP contribution in [0, 0.1) is 0 Å². The monoisotopic (exact) mass is 285 g/mol. The van der Waals surface area contributed by atoms with Gasteiger partial charge < -0.3 is 15.2 Å². The van der Waals surface area contributed by atoms with Crippen molar-refractivity contribution in [2.75, 3.05) is 19.8 Å². The number of hydrogen-bond donors (Lipinski definition) is 2. The Morgan fingerprint density at radius 3 is 2.89 bits per heavy atom. The van der Waals surface area contributed by atoms with Crippen LogP contribution in [-0.4, -0.2) is 30.8 Å². The normalized spacial score (nSPS) is 10.2.